The fourth-order valence-corrected chi connectivity index (χ4v) is 2.93. The Balaban J connectivity index is 1.63. The number of methoxy groups -OCH3 is 1. The Labute approximate surface area is 144 Å². The highest BCUT2D eigenvalue weighted by Crippen LogP contribution is 2.21. The van der Waals surface area contributed by atoms with Crippen LogP contribution in [0.2, 0.25) is 0 Å². The van der Waals surface area contributed by atoms with E-state index in [0.717, 1.165) is 18.6 Å². The summed E-state index contributed by atoms with van der Waals surface area (Å²) in [6.45, 7) is 0. The van der Waals surface area contributed by atoms with E-state index in [0.29, 0.717) is 0 Å². The molecule has 0 fully saturated rings. The van der Waals surface area contributed by atoms with Crippen molar-refractivity contribution in [1.29, 1.82) is 0 Å². The van der Waals surface area contributed by atoms with Crippen LogP contribution in [0, 0.1) is 3.57 Å². The molecule has 0 saturated carbocycles. The molecule has 0 aliphatic carbocycles. The number of aryl methyl sites for hydroxylation is 2. The molecule has 3 heteroatoms. The molecule has 1 heterocycles. The average Bonchev–Trinajstić information content (AvgIpc) is 3.00. The summed E-state index contributed by atoms with van der Waals surface area (Å²) in [5.41, 5.74) is 5.10. The highest BCUT2D eigenvalue weighted by atomic mass is 127. The molecule has 0 atom stereocenters. The maximum Gasteiger partial charge on any atom is 0.118 e. The van der Waals surface area contributed by atoms with E-state index in [1.807, 2.05) is 18.3 Å². The van der Waals surface area contributed by atoms with Gasteiger partial charge in [-0.05, 0) is 70.3 Å². The third kappa shape index (κ3) is 3.71. The quantitative estimate of drug-likeness (QED) is 0.591. The summed E-state index contributed by atoms with van der Waals surface area (Å²) in [5.74, 6) is 0.911. The van der Waals surface area contributed by atoms with Crippen LogP contribution < -0.4 is 4.74 Å². The lowest BCUT2D eigenvalue weighted by atomic mass is 10.0. The molecule has 0 unspecified atom stereocenters. The van der Waals surface area contributed by atoms with Crippen LogP contribution in [0.25, 0.3) is 11.3 Å². The van der Waals surface area contributed by atoms with E-state index in [2.05, 4.69) is 70.0 Å². The van der Waals surface area contributed by atoms with Crippen molar-refractivity contribution in [3.8, 4) is 17.0 Å². The molecular formula is C19H18INO. The topological polar surface area (TPSA) is 25.0 Å². The highest BCUT2D eigenvalue weighted by Gasteiger charge is 2.01. The van der Waals surface area contributed by atoms with Crippen molar-refractivity contribution in [2.45, 2.75) is 12.8 Å². The van der Waals surface area contributed by atoms with Crippen molar-refractivity contribution >= 4 is 22.6 Å². The number of hydrogen-bond acceptors (Lipinski definition) is 1. The fraction of sp³-hybridized carbons (Fsp3) is 0.158. The number of aromatic nitrogens is 1. The maximum absolute atomic E-state index is 5.19. The summed E-state index contributed by atoms with van der Waals surface area (Å²) >= 11 is 2.32. The van der Waals surface area contributed by atoms with E-state index in [9.17, 15) is 0 Å². The lowest BCUT2D eigenvalue weighted by molar-refractivity contribution is 0.414. The molecule has 1 aromatic heterocycles. The minimum atomic E-state index is 0.911. The second-order valence-corrected chi connectivity index (χ2v) is 6.52. The summed E-state index contributed by atoms with van der Waals surface area (Å²) in [4.78, 5) is 3.29. The fourth-order valence-electron chi connectivity index (χ4n) is 2.47. The summed E-state index contributed by atoms with van der Waals surface area (Å²) in [6, 6.07) is 19.3. The van der Waals surface area contributed by atoms with Gasteiger partial charge in [0.1, 0.15) is 5.75 Å². The highest BCUT2D eigenvalue weighted by molar-refractivity contribution is 14.1. The summed E-state index contributed by atoms with van der Waals surface area (Å²) in [6.07, 6.45) is 4.12. The number of aromatic amines is 1. The maximum atomic E-state index is 5.19. The van der Waals surface area contributed by atoms with Gasteiger partial charge in [0.15, 0.2) is 0 Å². The third-order valence-electron chi connectivity index (χ3n) is 3.77. The molecule has 112 valence electrons. The first-order valence-corrected chi connectivity index (χ1v) is 8.38. The Hall–Kier alpha value is -1.75. The summed E-state index contributed by atoms with van der Waals surface area (Å²) < 4.78 is 6.42. The van der Waals surface area contributed by atoms with Crippen LogP contribution in [0.15, 0.2) is 60.8 Å². The van der Waals surface area contributed by atoms with Gasteiger partial charge in [-0.2, -0.15) is 0 Å². The van der Waals surface area contributed by atoms with Crippen LogP contribution in [-0.4, -0.2) is 12.1 Å². The number of halogens is 1. The van der Waals surface area contributed by atoms with Crippen LogP contribution in [0.4, 0.5) is 0 Å². The SMILES string of the molecule is COc1ccc(CCc2ccc(-c3cc(I)c[nH]3)cc2)cc1. The van der Waals surface area contributed by atoms with Gasteiger partial charge in [0.05, 0.1) is 7.11 Å². The number of benzene rings is 2. The lowest BCUT2D eigenvalue weighted by Gasteiger charge is -2.05. The zero-order chi connectivity index (χ0) is 15.4. The average molecular weight is 403 g/mol. The molecule has 0 spiro atoms. The van der Waals surface area contributed by atoms with Crippen molar-refractivity contribution in [3.63, 3.8) is 0 Å². The molecule has 0 bridgehead atoms. The first kappa shape index (κ1) is 15.2. The Bertz CT molecular complexity index is 729. The normalized spacial score (nSPS) is 10.6. The van der Waals surface area contributed by atoms with Crippen molar-refractivity contribution in [2.75, 3.05) is 7.11 Å². The third-order valence-corrected chi connectivity index (χ3v) is 4.40. The molecule has 3 rings (SSSR count). The molecule has 22 heavy (non-hydrogen) atoms. The van der Waals surface area contributed by atoms with Crippen molar-refractivity contribution in [3.05, 3.63) is 75.5 Å². The minimum Gasteiger partial charge on any atom is -0.497 e. The molecule has 2 aromatic carbocycles. The standard InChI is InChI=1S/C19H18INO/c1-22-18-10-6-15(7-11-18)3-2-14-4-8-16(9-5-14)19-12-17(20)13-21-19/h4-13,21H,2-3H2,1H3. The predicted molar refractivity (Wildman–Crippen MR) is 99.3 cm³/mol. The zero-order valence-electron chi connectivity index (χ0n) is 12.5. The second-order valence-electron chi connectivity index (χ2n) is 5.28. The smallest absolute Gasteiger partial charge is 0.118 e. The van der Waals surface area contributed by atoms with E-state index in [1.165, 1.54) is 26.0 Å². The Morgan fingerprint density at radius 2 is 1.50 bits per heavy atom. The van der Waals surface area contributed by atoms with Gasteiger partial charge in [-0.3, -0.25) is 0 Å². The minimum absolute atomic E-state index is 0.911. The van der Waals surface area contributed by atoms with E-state index in [4.69, 9.17) is 4.74 Å². The van der Waals surface area contributed by atoms with Gasteiger partial charge in [-0.15, -0.1) is 0 Å². The monoisotopic (exact) mass is 403 g/mol. The molecule has 2 nitrogen and oxygen atoms in total. The number of nitrogens with one attached hydrogen (secondary N) is 1. The molecule has 0 aliphatic rings. The van der Waals surface area contributed by atoms with Crippen LogP contribution in [0.1, 0.15) is 11.1 Å². The molecule has 1 N–H and O–H groups in total. The first-order valence-electron chi connectivity index (χ1n) is 7.31. The first-order chi connectivity index (χ1) is 10.7. The van der Waals surface area contributed by atoms with Crippen LogP contribution >= 0.6 is 22.6 Å². The van der Waals surface area contributed by atoms with Crippen LogP contribution in [0.3, 0.4) is 0 Å². The van der Waals surface area contributed by atoms with Gasteiger partial charge in [0.25, 0.3) is 0 Å². The second kappa shape index (κ2) is 7.01. The summed E-state index contributed by atoms with van der Waals surface area (Å²) in [7, 11) is 1.70. The number of hydrogen-bond donors (Lipinski definition) is 1. The number of H-pyrrole nitrogens is 1. The van der Waals surface area contributed by atoms with Crippen molar-refractivity contribution in [2.24, 2.45) is 0 Å². The van der Waals surface area contributed by atoms with Gasteiger partial charge in [-0.1, -0.05) is 36.4 Å². The Morgan fingerprint density at radius 1 is 0.909 bits per heavy atom. The molecule has 0 saturated heterocycles. The lowest BCUT2D eigenvalue weighted by Crippen LogP contribution is -1.92. The van der Waals surface area contributed by atoms with Gasteiger partial charge in [0, 0.05) is 15.5 Å². The summed E-state index contributed by atoms with van der Waals surface area (Å²) in [5, 5.41) is 0. The van der Waals surface area contributed by atoms with E-state index in [-0.39, 0.29) is 0 Å². The predicted octanol–water partition coefficient (Wildman–Crippen LogP) is 5.08. The van der Waals surface area contributed by atoms with Crippen LogP contribution in [0.5, 0.6) is 5.75 Å². The largest absolute Gasteiger partial charge is 0.497 e. The van der Waals surface area contributed by atoms with Crippen LogP contribution in [-0.2, 0) is 12.8 Å². The zero-order valence-corrected chi connectivity index (χ0v) is 14.6. The van der Waals surface area contributed by atoms with E-state index in [1.54, 1.807) is 7.11 Å². The molecule has 0 aliphatic heterocycles. The molecule has 0 amide bonds. The number of ether oxygens (including phenoxy) is 1. The van der Waals surface area contributed by atoms with Gasteiger partial charge >= 0.3 is 0 Å². The Kier molecular flexibility index (Phi) is 4.83. The Morgan fingerprint density at radius 3 is 2.00 bits per heavy atom. The van der Waals surface area contributed by atoms with E-state index < -0.39 is 0 Å². The molecule has 0 radical (unpaired) electrons. The van der Waals surface area contributed by atoms with Crippen molar-refractivity contribution < 1.29 is 4.74 Å². The molecule has 3 aromatic rings. The number of rotatable bonds is 5. The van der Waals surface area contributed by atoms with E-state index >= 15 is 0 Å². The van der Waals surface area contributed by atoms with Crippen molar-refractivity contribution in [1.82, 2.24) is 4.98 Å². The van der Waals surface area contributed by atoms with Gasteiger partial charge < -0.3 is 9.72 Å². The molecular weight excluding hydrogens is 385 g/mol. The van der Waals surface area contributed by atoms with Gasteiger partial charge in [0.2, 0.25) is 0 Å². The van der Waals surface area contributed by atoms with Gasteiger partial charge in [-0.25, -0.2) is 0 Å².